The third-order valence-corrected chi connectivity index (χ3v) is 2.30. The molecule has 2 N–H and O–H groups in total. The first-order valence-corrected chi connectivity index (χ1v) is 4.55. The summed E-state index contributed by atoms with van der Waals surface area (Å²) in [6, 6.07) is 2.34. The Bertz CT molecular complexity index is 265. The second kappa shape index (κ2) is 3.70. The van der Waals surface area contributed by atoms with Gasteiger partial charge in [0.25, 0.3) is 0 Å². The molecule has 1 fully saturated rings. The Labute approximate surface area is 77.1 Å². The molecule has 0 saturated heterocycles. The maximum Gasteiger partial charge on any atom is 0.316 e. The molecule has 1 aliphatic rings. The lowest BCUT2D eigenvalue weighted by atomic mass is 10.2. The van der Waals surface area contributed by atoms with Gasteiger partial charge in [-0.15, -0.1) is 0 Å². The molecular formula is C9H13N3O. The summed E-state index contributed by atoms with van der Waals surface area (Å²) in [5.41, 5.74) is 5.85. The Morgan fingerprint density at radius 1 is 1.31 bits per heavy atom. The van der Waals surface area contributed by atoms with Crippen molar-refractivity contribution in [2.75, 3.05) is 0 Å². The smallest absolute Gasteiger partial charge is 0.316 e. The van der Waals surface area contributed by atoms with Gasteiger partial charge in [-0.25, -0.2) is 9.97 Å². The first kappa shape index (κ1) is 8.44. The molecule has 0 radical (unpaired) electrons. The summed E-state index contributed by atoms with van der Waals surface area (Å²) in [7, 11) is 0. The third kappa shape index (κ3) is 1.95. The molecule has 1 aromatic heterocycles. The largest absolute Gasteiger partial charge is 0.458 e. The van der Waals surface area contributed by atoms with E-state index >= 15 is 0 Å². The fraction of sp³-hybridized carbons (Fsp3) is 0.556. The quantitative estimate of drug-likeness (QED) is 0.727. The standard InChI is InChI=1S/C9H13N3O/c10-7-3-1-4-8(7)13-9-11-5-2-6-12-9/h2,5-8H,1,3-4,10H2/t7-,8-/m1/s1. The van der Waals surface area contributed by atoms with E-state index < -0.39 is 0 Å². The van der Waals surface area contributed by atoms with E-state index in [9.17, 15) is 0 Å². The van der Waals surface area contributed by atoms with Crippen molar-refractivity contribution in [1.82, 2.24) is 9.97 Å². The molecule has 1 aromatic rings. The van der Waals surface area contributed by atoms with E-state index in [1.54, 1.807) is 18.5 Å². The molecule has 1 heterocycles. The van der Waals surface area contributed by atoms with Crippen molar-refractivity contribution in [3.05, 3.63) is 18.5 Å². The fourth-order valence-electron chi connectivity index (χ4n) is 1.58. The highest BCUT2D eigenvalue weighted by Crippen LogP contribution is 2.20. The fourth-order valence-corrected chi connectivity index (χ4v) is 1.58. The van der Waals surface area contributed by atoms with Crippen LogP contribution in [0.1, 0.15) is 19.3 Å². The van der Waals surface area contributed by atoms with Crippen molar-refractivity contribution in [3.8, 4) is 6.01 Å². The summed E-state index contributed by atoms with van der Waals surface area (Å²) in [6.07, 6.45) is 6.63. The van der Waals surface area contributed by atoms with Crippen LogP contribution in [0, 0.1) is 0 Å². The van der Waals surface area contributed by atoms with E-state index in [-0.39, 0.29) is 12.1 Å². The van der Waals surface area contributed by atoms with Gasteiger partial charge < -0.3 is 10.5 Å². The molecule has 4 heteroatoms. The topological polar surface area (TPSA) is 61.0 Å². The summed E-state index contributed by atoms with van der Waals surface area (Å²) < 4.78 is 5.54. The Kier molecular flexibility index (Phi) is 2.40. The van der Waals surface area contributed by atoms with Crippen LogP contribution in [0.15, 0.2) is 18.5 Å². The molecule has 70 valence electrons. The average molecular weight is 179 g/mol. The Morgan fingerprint density at radius 3 is 2.69 bits per heavy atom. The molecule has 0 bridgehead atoms. The first-order chi connectivity index (χ1) is 6.36. The summed E-state index contributed by atoms with van der Waals surface area (Å²) in [6.45, 7) is 0. The van der Waals surface area contributed by atoms with Gasteiger partial charge >= 0.3 is 6.01 Å². The van der Waals surface area contributed by atoms with Crippen molar-refractivity contribution in [3.63, 3.8) is 0 Å². The van der Waals surface area contributed by atoms with Gasteiger partial charge in [0.1, 0.15) is 6.10 Å². The number of aromatic nitrogens is 2. The first-order valence-electron chi connectivity index (χ1n) is 4.55. The number of hydrogen-bond donors (Lipinski definition) is 1. The van der Waals surface area contributed by atoms with Crippen molar-refractivity contribution in [2.45, 2.75) is 31.4 Å². The van der Waals surface area contributed by atoms with E-state index in [0.29, 0.717) is 6.01 Å². The molecule has 2 atom stereocenters. The zero-order valence-electron chi connectivity index (χ0n) is 7.39. The van der Waals surface area contributed by atoms with Crippen LogP contribution in [0.3, 0.4) is 0 Å². The molecule has 0 aliphatic heterocycles. The second-order valence-corrected chi connectivity index (χ2v) is 3.28. The summed E-state index contributed by atoms with van der Waals surface area (Å²) >= 11 is 0. The SMILES string of the molecule is N[C@@H]1CCC[C@H]1Oc1ncccn1. The monoisotopic (exact) mass is 179 g/mol. The van der Waals surface area contributed by atoms with E-state index in [4.69, 9.17) is 10.5 Å². The number of nitrogens with two attached hydrogens (primary N) is 1. The minimum Gasteiger partial charge on any atom is -0.458 e. The van der Waals surface area contributed by atoms with Crippen molar-refractivity contribution >= 4 is 0 Å². The summed E-state index contributed by atoms with van der Waals surface area (Å²) in [5, 5.41) is 0. The van der Waals surface area contributed by atoms with Gasteiger partial charge in [0, 0.05) is 18.4 Å². The third-order valence-electron chi connectivity index (χ3n) is 2.30. The zero-order chi connectivity index (χ0) is 9.10. The van der Waals surface area contributed by atoms with Gasteiger partial charge in [0.05, 0.1) is 0 Å². The number of ether oxygens (including phenoxy) is 1. The van der Waals surface area contributed by atoms with Crippen LogP contribution in [0.5, 0.6) is 6.01 Å². The van der Waals surface area contributed by atoms with Gasteiger partial charge in [-0.1, -0.05) is 0 Å². The Hall–Kier alpha value is -1.16. The molecule has 4 nitrogen and oxygen atoms in total. The van der Waals surface area contributed by atoms with Crippen molar-refractivity contribution in [2.24, 2.45) is 5.73 Å². The van der Waals surface area contributed by atoms with Crippen LogP contribution < -0.4 is 10.5 Å². The lowest BCUT2D eigenvalue weighted by Gasteiger charge is -2.15. The highest BCUT2D eigenvalue weighted by atomic mass is 16.5. The molecule has 0 spiro atoms. The van der Waals surface area contributed by atoms with Crippen molar-refractivity contribution in [1.29, 1.82) is 0 Å². The average Bonchev–Trinajstić information content (AvgIpc) is 2.54. The van der Waals surface area contributed by atoms with Gasteiger partial charge in [-0.3, -0.25) is 0 Å². The zero-order valence-corrected chi connectivity index (χ0v) is 7.39. The molecule has 1 saturated carbocycles. The molecule has 13 heavy (non-hydrogen) atoms. The van der Waals surface area contributed by atoms with Crippen LogP contribution in [0.4, 0.5) is 0 Å². The van der Waals surface area contributed by atoms with Crippen LogP contribution in [-0.4, -0.2) is 22.1 Å². The van der Waals surface area contributed by atoms with E-state index in [0.717, 1.165) is 19.3 Å². The molecule has 2 rings (SSSR count). The van der Waals surface area contributed by atoms with Gasteiger partial charge in [-0.05, 0) is 25.3 Å². The maximum atomic E-state index is 5.85. The van der Waals surface area contributed by atoms with Crippen LogP contribution in [0.25, 0.3) is 0 Å². The van der Waals surface area contributed by atoms with Gasteiger partial charge in [0.2, 0.25) is 0 Å². The van der Waals surface area contributed by atoms with E-state index in [2.05, 4.69) is 9.97 Å². The normalized spacial score (nSPS) is 27.5. The number of nitrogens with zero attached hydrogens (tertiary/aromatic N) is 2. The minimum absolute atomic E-state index is 0.0994. The lowest BCUT2D eigenvalue weighted by Crippen LogP contribution is -2.34. The summed E-state index contributed by atoms with van der Waals surface area (Å²) in [5.74, 6) is 0. The van der Waals surface area contributed by atoms with E-state index in [1.165, 1.54) is 0 Å². The van der Waals surface area contributed by atoms with Crippen LogP contribution in [0.2, 0.25) is 0 Å². The predicted molar refractivity (Wildman–Crippen MR) is 48.3 cm³/mol. The van der Waals surface area contributed by atoms with Crippen LogP contribution >= 0.6 is 0 Å². The van der Waals surface area contributed by atoms with Crippen molar-refractivity contribution < 1.29 is 4.74 Å². The summed E-state index contributed by atoms with van der Waals surface area (Å²) in [4.78, 5) is 7.98. The molecule has 0 aromatic carbocycles. The molecule has 1 aliphatic carbocycles. The molecule has 0 unspecified atom stereocenters. The van der Waals surface area contributed by atoms with Crippen LogP contribution in [-0.2, 0) is 0 Å². The van der Waals surface area contributed by atoms with Gasteiger partial charge in [0.15, 0.2) is 0 Å². The second-order valence-electron chi connectivity index (χ2n) is 3.28. The Morgan fingerprint density at radius 2 is 2.08 bits per heavy atom. The van der Waals surface area contributed by atoms with E-state index in [1.807, 2.05) is 0 Å². The highest BCUT2D eigenvalue weighted by Gasteiger charge is 2.26. The Balaban J connectivity index is 1.98. The highest BCUT2D eigenvalue weighted by molar-refractivity contribution is 4.96. The molecule has 0 amide bonds. The lowest BCUT2D eigenvalue weighted by molar-refractivity contribution is 0.175. The number of hydrogen-bond acceptors (Lipinski definition) is 4. The number of rotatable bonds is 2. The maximum absolute atomic E-state index is 5.85. The minimum atomic E-state index is 0.0994. The molecular weight excluding hydrogens is 166 g/mol. The predicted octanol–water partition coefficient (Wildman–Crippen LogP) is 0.735. The van der Waals surface area contributed by atoms with Gasteiger partial charge in [-0.2, -0.15) is 0 Å².